The summed E-state index contributed by atoms with van der Waals surface area (Å²) in [5.41, 5.74) is 4.71. The summed E-state index contributed by atoms with van der Waals surface area (Å²) in [7, 11) is 1.61. The van der Waals surface area contributed by atoms with Crippen LogP contribution in [0.4, 0.5) is 0 Å². The van der Waals surface area contributed by atoms with E-state index >= 15 is 0 Å². The molecule has 0 unspecified atom stereocenters. The summed E-state index contributed by atoms with van der Waals surface area (Å²) in [6.07, 6.45) is 1.21. The number of hydrogen-bond donors (Lipinski definition) is 1. The number of methoxy groups -OCH3 is 1. The van der Waals surface area contributed by atoms with Gasteiger partial charge in [0.2, 0.25) is 0 Å². The average Bonchev–Trinajstić information content (AvgIpc) is 3.56. The second-order valence-corrected chi connectivity index (χ2v) is 10.3. The number of allylic oxidation sites excluding steroid dienone is 3. The lowest BCUT2D eigenvalue weighted by Crippen LogP contribution is -2.35. The van der Waals surface area contributed by atoms with Gasteiger partial charge in [-0.3, -0.25) is 4.79 Å². The van der Waals surface area contributed by atoms with Crippen molar-refractivity contribution < 1.29 is 19.1 Å². The van der Waals surface area contributed by atoms with Gasteiger partial charge in [-0.25, -0.2) is 4.79 Å². The lowest BCUT2D eigenvalue weighted by Gasteiger charge is -2.36. The number of ether oxygens (including phenoxy) is 2. The van der Waals surface area contributed by atoms with Crippen LogP contribution in [0, 0.1) is 0 Å². The van der Waals surface area contributed by atoms with Crippen molar-refractivity contribution in [2.24, 2.45) is 0 Å². The third-order valence-corrected chi connectivity index (χ3v) is 8.13. The van der Waals surface area contributed by atoms with Crippen LogP contribution in [0.15, 0.2) is 81.1 Å². The van der Waals surface area contributed by atoms with Crippen molar-refractivity contribution in [3.8, 4) is 5.75 Å². The predicted molar refractivity (Wildman–Crippen MR) is 134 cm³/mol. The molecule has 2 aliphatic rings. The van der Waals surface area contributed by atoms with Crippen LogP contribution < -0.4 is 10.1 Å². The highest BCUT2D eigenvalue weighted by atomic mass is 32.1. The molecular formula is C27H25NO4S2. The van der Waals surface area contributed by atoms with Gasteiger partial charge in [-0.15, -0.1) is 11.3 Å². The first kappa shape index (κ1) is 22.6. The number of thiophene rings is 2. The SMILES string of the molecule is COc1ccc(COC(=O)C2=C(C)NC3=C(C(=O)C[C@H](c4cccs4)C3)[C@H]2c2ccsc2)cc1. The van der Waals surface area contributed by atoms with E-state index in [0.717, 1.165) is 34.7 Å². The summed E-state index contributed by atoms with van der Waals surface area (Å²) in [4.78, 5) is 28.1. The lowest BCUT2D eigenvalue weighted by atomic mass is 9.73. The first-order chi connectivity index (χ1) is 16.5. The molecule has 1 N–H and O–H groups in total. The summed E-state index contributed by atoms with van der Waals surface area (Å²) in [5.74, 6) is 0.188. The largest absolute Gasteiger partial charge is 0.497 e. The van der Waals surface area contributed by atoms with Crippen molar-refractivity contribution >= 4 is 34.4 Å². The summed E-state index contributed by atoms with van der Waals surface area (Å²) >= 11 is 3.25. The summed E-state index contributed by atoms with van der Waals surface area (Å²) < 4.78 is 10.9. The monoisotopic (exact) mass is 491 g/mol. The van der Waals surface area contributed by atoms with E-state index < -0.39 is 11.9 Å². The molecule has 0 amide bonds. The third-order valence-electron chi connectivity index (χ3n) is 6.40. The number of dihydropyridines is 1. The van der Waals surface area contributed by atoms with Crippen molar-refractivity contribution in [2.45, 2.75) is 38.2 Å². The molecule has 0 saturated carbocycles. The molecule has 1 aromatic carbocycles. The fourth-order valence-corrected chi connectivity index (χ4v) is 6.27. The van der Waals surface area contributed by atoms with Crippen LogP contribution in [0.3, 0.4) is 0 Å². The van der Waals surface area contributed by atoms with Crippen molar-refractivity contribution in [1.82, 2.24) is 5.32 Å². The minimum absolute atomic E-state index is 0.0938. The normalized spacial score (nSPS) is 20.1. The number of hydrogen-bond acceptors (Lipinski definition) is 7. The number of nitrogens with one attached hydrogen (secondary N) is 1. The molecule has 0 spiro atoms. The van der Waals surface area contributed by atoms with Crippen molar-refractivity contribution in [3.63, 3.8) is 0 Å². The Balaban J connectivity index is 1.43. The van der Waals surface area contributed by atoms with Gasteiger partial charge in [0.05, 0.1) is 12.7 Å². The highest BCUT2D eigenvalue weighted by Crippen LogP contribution is 2.46. The number of esters is 1. The molecule has 7 heteroatoms. The van der Waals surface area contributed by atoms with Crippen molar-refractivity contribution in [3.05, 3.63) is 97.1 Å². The van der Waals surface area contributed by atoms with Gasteiger partial charge < -0.3 is 14.8 Å². The van der Waals surface area contributed by atoms with Crippen LogP contribution in [0.5, 0.6) is 5.75 Å². The topological polar surface area (TPSA) is 64.6 Å². The number of rotatable bonds is 6. The third kappa shape index (κ3) is 4.33. The quantitative estimate of drug-likeness (QED) is 0.434. The zero-order valence-corrected chi connectivity index (χ0v) is 20.6. The van der Waals surface area contributed by atoms with Gasteiger partial charge in [-0.2, -0.15) is 11.3 Å². The molecular weight excluding hydrogens is 466 g/mol. The van der Waals surface area contributed by atoms with Crippen molar-refractivity contribution in [1.29, 1.82) is 0 Å². The Kier molecular flexibility index (Phi) is 6.39. The Morgan fingerprint density at radius 1 is 1.12 bits per heavy atom. The fourth-order valence-electron chi connectivity index (χ4n) is 4.76. The van der Waals surface area contributed by atoms with E-state index in [4.69, 9.17) is 9.47 Å². The number of carbonyl (C=O) groups is 2. The summed E-state index contributed by atoms with van der Waals surface area (Å²) in [6, 6.07) is 13.5. The van der Waals surface area contributed by atoms with E-state index in [1.807, 2.05) is 59.5 Å². The van der Waals surface area contributed by atoms with E-state index in [-0.39, 0.29) is 18.3 Å². The summed E-state index contributed by atoms with van der Waals surface area (Å²) in [5, 5.41) is 9.45. The standard InChI is InChI=1S/C27H25NO4S2/c1-16-24(27(30)32-14-17-5-7-20(31-2)8-6-17)25(18-9-11-33-15-18)26-21(28-16)12-19(13-22(26)29)23-4-3-10-34-23/h3-11,15,19,25,28H,12-14H2,1-2H3/t19-,25+/m1/s1. The van der Waals surface area contributed by atoms with E-state index in [2.05, 4.69) is 11.4 Å². The van der Waals surface area contributed by atoms with Crippen LogP contribution in [0.1, 0.15) is 47.6 Å². The first-order valence-corrected chi connectivity index (χ1v) is 13.0. The number of Topliss-reactive ketones (excluding diaryl/α,β-unsaturated/α-hetero) is 1. The Labute approximate surface area is 206 Å². The van der Waals surface area contributed by atoms with Gasteiger partial charge in [0.1, 0.15) is 12.4 Å². The molecule has 1 aliphatic carbocycles. The maximum Gasteiger partial charge on any atom is 0.337 e. The van der Waals surface area contributed by atoms with E-state index in [1.165, 1.54) is 4.88 Å². The zero-order chi connectivity index (χ0) is 23.7. The Bertz CT molecular complexity index is 1250. The molecule has 0 saturated heterocycles. The van der Waals surface area contributed by atoms with E-state index in [0.29, 0.717) is 17.6 Å². The van der Waals surface area contributed by atoms with Gasteiger partial charge in [0, 0.05) is 40.1 Å². The maximum absolute atomic E-state index is 13.5. The average molecular weight is 492 g/mol. The Morgan fingerprint density at radius 2 is 1.94 bits per heavy atom. The molecule has 2 aromatic heterocycles. The van der Waals surface area contributed by atoms with Gasteiger partial charge >= 0.3 is 5.97 Å². The molecule has 34 heavy (non-hydrogen) atoms. The minimum Gasteiger partial charge on any atom is -0.497 e. The van der Waals surface area contributed by atoms with Gasteiger partial charge in [0.15, 0.2) is 5.78 Å². The van der Waals surface area contributed by atoms with E-state index in [9.17, 15) is 9.59 Å². The van der Waals surface area contributed by atoms with Gasteiger partial charge in [-0.1, -0.05) is 18.2 Å². The lowest BCUT2D eigenvalue weighted by molar-refractivity contribution is -0.140. The Morgan fingerprint density at radius 3 is 2.62 bits per heavy atom. The first-order valence-electron chi connectivity index (χ1n) is 11.1. The fraction of sp³-hybridized carbons (Fsp3) is 0.259. The molecule has 0 fully saturated rings. The molecule has 2 atom stereocenters. The number of carbonyl (C=O) groups excluding carboxylic acids is 2. The van der Waals surface area contributed by atoms with Crippen LogP contribution in [-0.4, -0.2) is 18.9 Å². The minimum atomic E-state index is -0.414. The van der Waals surface area contributed by atoms with Crippen LogP contribution in [0.2, 0.25) is 0 Å². The molecule has 1 aliphatic heterocycles. The molecule has 174 valence electrons. The molecule has 3 heterocycles. The highest BCUT2D eigenvalue weighted by Gasteiger charge is 2.41. The van der Waals surface area contributed by atoms with Crippen LogP contribution in [-0.2, 0) is 20.9 Å². The molecule has 0 radical (unpaired) electrons. The highest BCUT2D eigenvalue weighted by molar-refractivity contribution is 7.10. The maximum atomic E-state index is 13.5. The van der Waals surface area contributed by atoms with Crippen LogP contribution in [0.25, 0.3) is 0 Å². The molecule has 3 aromatic rings. The zero-order valence-electron chi connectivity index (χ0n) is 19.0. The molecule has 5 rings (SSSR count). The van der Waals surface area contributed by atoms with Gasteiger partial charge in [-0.05, 0) is 64.9 Å². The smallest absolute Gasteiger partial charge is 0.337 e. The van der Waals surface area contributed by atoms with Crippen molar-refractivity contribution in [2.75, 3.05) is 7.11 Å². The molecule has 5 nitrogen and oxygen atoms in total. The predicted octanol–water partition coefficient (Wildman–Crippen LogP) is 5.92. The van der Waals surface area contributed by atoms with Crippen LogP contribution >= 0.6 is 22.7 Å². The second kappa shape index (κ2) is 9.60. The summed E-state index contributed by atoms with van der Waals surface area (Å²) in [6.45, 7) is 2.04. The molecule has 0 bridgehead atoms. The number of benzene rings is 1. The van der Waals surface area contributed by atoms with Gasteiger partial charge in [0.25, 0.3) is 0 Å². The second-order valence-electron chi connectivity index (χ2n) is 8.51. The number of ketones is 1. The van der Waals surface area contributed by atoms with E-state index in [1.54, 1.807) is 29.8 Å². The Hall–Kier alpha value is -3.16.